The molecule has 0 saturated heterocycles. The Hall–Kier alpha value is -2.11. The van der Waals surface area contributed by atoms with Crippen molar-refractivity contribution in [1.82, 2.24) is 10.3 Å². The summed E-state index contributed by atoms with van der Waals surface area (Å²) in [6.45, 7) is 5.29. The van der Waals surface area contributed by atoms with E-state index < -0.39 is 23.7 Å². The standard InChI is InChI=1S/C16H24N2O4/c1-16(2,3)22-15(20)18-13(14(19)21-4)10-7-9-12-8-5-6-11-17-12/h5-6,8,11,13H,7,9-10H2,1-4H3,(H,18,20)/t13-/m0/s1. The Morgan fingerprint density at radius 2 is 2.05 bits per heavy atom. The number of rotatable bonds is 6. The van der Waals surface area contributed by atoms with Gasteiger partial charge in [0.05, 0.1) is 7.11 Å². The van der Waals surface area contributed by atoms with Crippen molar-refractivity contribution in [2.45, 2.75) is 51.7 Å². The molecule has 0 aliphatic heterocycles. The molecule has 1 heterocycles. The van der Waals surface area contributed by atoms with Crippen molar-refractivity contribution in [3.05, 3.63) is 30.1 Å². The quantitative estimate of drug-likeness (QED) is 0.817. The fourth-order valence-corrected chi connectivity index (χ4v) is 1.87. The molecule has 0 aromatic carbocycles. The number of hydrogen-bond acceptors (Lipinski definition) is 5. The molecule has 1 atom stereocenters. The number of methoxy groups -OCH3 is 1. The van der Waals surface area contributed by atoms with Crippen molar-refractivity contribution < 1.29 is 19.1 Å². The van der Waals surface area contributed by atoms with Crippen molar-refractivity contribution in [2.75, 3.05) is 7.11 Å². The summed E-state index contributed by atoms with van der Waals surface area (Å²) in [6.07, 6.45) is 2.99. The second kappa shape index (κ2) is 8.36. The first-order valence-corrected chi connectivity index (χ1v) is 7.29. The summed E-state index contributed by atoms with van der Waals surface area (Å²) in [6, 6.07) is 4.97. The van der Waals surface area contributed by atoms with Gasteiger partial charge in [-0.25, -0.2) is 9.59 Å². The Labute approximate surface area is 131 Å². The Morgan fingerprint density at radius 1 is 1.32 bits per heavy atom. The maximum atomic E-state index is 11.8. The minimum Gasteiger partial charge on any atom is -0.467 e. The predicted octanol–water partition coefficient (Wildman–Crippen LogP) is 2.47. The van der Waals surface area contributed by atoms with Gasteiger partial charge in [0.2, 0.25) is 0 Å². The average Bonchev–Trinajstić information content (AvgIpc) is 2.44. The van der Waals surface area contributed by atoms with E-state index in [-0.39, 0.29) is 0 Å². The second-order valence-corrected chi connectivity index (χ2v) is 5.94. The Morgan fingerprint density at radius 3 is 2.59 bits per heavy atom. The number of hydrogen-bond donors (Lipinski definition) is 1. The molecule has 0 radical (unpaired) electrons. The lowest BCUT2D eigenvalue weighted by atomic mass is 10.1. The maximum absolute atomic E-state index is 11.8. The van der Waals surface area contributed by atoms with Crippen LogP contribution in [0.25, 0.3) is 0 Å². The SMILES string of the molecule is COC(=O)[C@H](CCCc1ccccn1)NC(=O)OC(C)(C)C. The zero-order chi connectivity index (χ0) is 16.6. The number of carbonyl (C=O) groups excluding carboxylic acids is 2. The highest BCUT2D eigenvalue weighted by molar-refractivity contribution is 5.81. The molecule has 0 aliphatic carbocycles. The van der Waals surface area contributed by atoms with Crippen LogP contribution in [0.15, 0.2) is 24.4 Å². The summed E-state index contributed by atoms with van der Waals surface area (Å²) in [7, 11) is 1.30. The molecule has 0 saturated carbocycles. The zero-order valence-corrected chi connectivity index (χ0v) is 13.6. The highest BCUT2D eigenvalue weighted by Crippen LogP contribution is 2.09. The average molecular weight is 308 g/mol. The maximum Gasteiger partial charge on any atom is 0.408 e. The molecule has 0 fully saturated rings. The largest absolute Gasteiger partial charge is 0.467 e. The number of pyridine rings is 1. The molecule has 6 heteroatoms. The molecular weight excluding hydrogens is 284 g/mol. The van der Waals surface area contributed by atoms with Crippen LogP contribution < -0.4 is 5.32 Å². The molecule has 22 heavy (non-hydrogen) atoms. The first-order chi connectivity index (χ1) is 10.3. The van der Waals surface area contributed by atoms with E-state index >= 15 is 0 Å². The van der Waals surface area contributed by atoms with Crippen molar-refractivity contribution in [3.8, 4) is 0 Å². The van der Waals surface area contributed by atoms with Gasteiger partial charge >= 0.3 is 12.1 Å². The van der Waals surface area contributed by atoms with E-state index in [2.05, 4.69) is 10.3 Å². The molecule has 1 amide bonds. The van der Waals surface area contributed by atoms with Gasteiger partial charge in [0, 0.05) is 11.9 Å². The second-order valence-electron chi connectivity index (χ2n) is 5.94. The Kier molecular flexibility index (Phi) is 6.82. The van der Waals surface area contributed by atoms with E-state index in [1.807, 2.05) is 18.2 Å². The zero-order valence-electron chi connectivity index (χ0n) is 13.6. The van der Waals surface area contributed by atoms with E-state index in [1.165, 1.54) is 7.11 Å². The molecule has 122 valence electrons. The van der Waals surface area contributed by atoms with Crippen molar-refractivity contribution in [2.24, 2.45) is 0 Å². The van der Waals surface area contributed by atoms with E-state index in [4.69, 9.17) is 9.47 Å². The van der Waals surface area contributed by atoms with Gasteiger partial charge in [-0.1, -0.05) is 6.07 Å². The fourth-order valence-electron chi connectivity index (χ4n) is 1.87. The van der Waals surface area contributed by atoms with Crippen molar-refractivity contribution >= 4 is 12.1 Å². The number of aryl methyl sites for hydroxylation is 1. The van der Waals surface area contributed by atoms with E-state index in [1.54, 1.807) is 27.0 Å². The highest BCUT2D eigenvalue weighted by Gasteiger charge is 2.24. The lowest BCUT2D eigenvalue weighted by Crippen LogP contribution is -2.44. The van der Waals surface area contributed by atoms with Gasteiger partial charge in [0.25, 0.3) is 0 Å². The molecule has 1 aromatic heterocycles. The van der Waals surface area contributed by atoms with Crippen LogP contribution in [0.3, 0.4) is 0 Å². The summed E-state index contributed by atoms with van der Waals surface area (Å²) in [5.41, 5.74) is 0.335. The molecule has 6 nitrogen and oxygen atoms in total. The van der Waals surface area contributed by atoms with E-state index in [0.29, 0.717) is 12.8 Å². The number of carbonyl (C=O) groups is 2. The molecule has 0 unspecified atom stereocenters. The topological polar surface area (TPSA) is 77.5 Å². The smallest absolute Gasteiger partial charge is 0.408 e. The summed E-state index contributed by atoms with van der Waals surface area (Å²) >= 11 is 0. The first-order valence-electron chi connectivity index (χ1n) is 7.29. The third-order valence-electron chi connectivity index (χ3n) is 2.83. The third-order valence-corrected chi connectivity index (χ3v) is 2.83. The lowest BCUT2D eigenvalue weighted by molar-refractivity contribution is -0.143. The number of amides is 1. The number of alkyl carbamates (subject to hydrolysis) is 1. The monoisotopic (exact) mass is 308 g/mol. The van der Waals surface area contributed by atoms with Crippen LogP contribution in [0.4, 0.5) is 4.79 Å². The molecule has 1 aromatic rings. The number of aromatic nitrogens is 1. The molecule has 0 spiro atoms. The number of esters is 1. The van der Waals surface area contributed by atoms with Gasteiger partial charge < -0.3 is 14.8 Å². The Balaban J connectivity index is 2.50. The normalized spacial score (nSPS) is 12.4. The van der Waals surface area contributed by atoms with Crippen LogP contribution in [-0.2, 0) is 20.7 Å². The fraction of sp³-hybridized carbons (Fsp3) is 0.562. The minimum absolute atomic E-state index is 0.461. The van der Waals surface area contributed by atoms with Gasteiger partial charge in [0.1, 0.15) is 11.6 Å². The molecular formula is C16H24N2O4. The van der Waals surface area contributed by atoms with Gasteiger partial charge in [-0.3, -0.25) is 4.98 Å². The molecule has 0 bridgehead atoms. The predicted molar refractivity (Wildman–Crippen MR) is 82.3 cm³/mol. The summed E-state index contributed by atoms with van der Waals surface area (Å²) < 4.78 is 9.88. The van der Waals surface area contributed by atoms with Crippen LogP contribution in [0, 0.1) is 0 Å². The van der Waals surface area contributed by atoms with Crippen LogP contribution in [0.2, 0.25) is 0 Å². The van der Waals surface area contributed by atoms with Crippen LogP contribution in [-0.4, -0.2) is 35.8 Å². The molecule has 1 rings (SSSR count). The van der Waals surface area contributed by atoms with Gasteiger partial charge in [-0.05, 0) is 52.2 Å². The van der Waals surface area contributed by atoms with E-state index in [0.717, 1.165) is 12.1 Å². The van der Waals surface area contributed by atoms with Crippen LogP contribution in [0.5, 0.6) is 0 Å². The summed E-state index contributed by atoms with van der Waals surface area (Å²) in [5.74, 6) is -0.480. The summed E-state index contributed by atoms with van der Waals surface area (Å²) in [5, 5.41) is 2.55. The third kappa shape index (κ3) is 7.06. The van der Waals surface area contributed by atoms with Gasteiger partial charge in [-0.15, -0.1) is 0 Å². The number of ether oxygens (including phenoxy) is 2. The van der Waals surface area contributed by atoms with Crippen LogP contribution >= 0.6 is 0 Å². The van der Waals surface area contributed by atoms with Gasteiger partial charge in [0.15, 0.2) is 0 Å². The summed E-state index contributed by atoms with van der Waals surface area (Å²) in [4.78, 5) is 27.7. The lowest BCUT2D eigenvalue weighted by Gasteiger charge is -2.22. The van der Waals surface area contributed by atoms with E-state index in [9.17, 15) is 9.59 Å². The van der Waals surface area contributed by atoms with Crippen molar-refractivity contribution in [3.63, 3.8) is 0 Å². The molecule has 0 aliphatic rings. The number of nitrogens with one attached hydrogen (secondary N) is 1. The first kappa shape index (κ1) is 17.9. The Bertz CT molecular complexity index is 483. The van der Waals surface area contributed by atoms with Crippen molar-refractivity contribution in [1.29, 1.82) is 0 Å². The van der Waals surface area contributed by atoms with Crippen LogP contribution in [0.1, 0.15) is 39.3 Å². The molecule has 1 N–H and O–H groups in total. The minimum atomic E-state index is -0.719. The van der Waals surface area contributed by atoms with Gasteiger partial charge in [-0.2, -0.15) is 0 Å². The number of nitrogens with zero attached hydrogens (tertiary/aromatic N) is 1. The highest BCUT2D eigenvalue weighted by atomic mass is 16.6.